The standard InChI is InChI=1S/C15H20N2O3/c1-3-5-11-20-13-8-6-12(7-9-13)17-15(19)14(18)16-10-4-2/h4,6-9H,2-3,5,10-11H2,1H3,(H,16,18)(H,17,19). The van der Waals surface area contributed by atoms with Gasteiger partial charge in [-0.2, -0.15) is 0 Å². The molecule has 0 saturated heterocycles. The van der Waals surface area contributed by atoms with E-state index in [1.807, 2.05) is 0 Å². The molecule has 108 valence electrons. The highest BCUT2D eigenvalue weighted by atomic mass is 16.5. The van der Waals surface area contributed by atoms with Crippen LogP contribution in [0.25, 0.3) is 0 Å². The average molecular weight is 276 g/mol. The van der Waals surface area contributed by atoms with Gasteiger partial charge in [0.2, 0.25) is 0 Å². The molecule has 1 aromatic carbocycles. The molecule has 5 nitrogen and oxygen atoms in total. The molecule has 2 amide bonds. The molecule has 0 saturated carbocycles. The molecule has 0 fully saturated rings. The number of amides is 2. The summed E-state index contributed by atoms with van der Waals surface area (Å²) in [6.07, 6.45) is 3.59. The molecule has 5 heteroatoms. The molecule has 0 spiro atoms. The van der Waals surface area contributed by atoms with E-state index in [9.17, 15) is 9.59 Å². The minimum atomic E-state index is -0.702. The molecular formula is C15H20N2O3. The number of rotatable bonds is 7. The fourth-order valence-corrected chi connectivity index (χ4v) is 1.40. The molecule has 0 unspecified atom stereocenters. The molecule has 0 aliphatic carbocycles. The van der Waals surface area contributed by atoms with Gasteiger partial charge in [0.15, 0.2) is 0 Å². The van der Waals surface area contributed by atoms with Gasteiger partial charge in [0, 0.05) is 12.2 Å². The van der Waals surface area contributed by atoms with E-state index in [2.05, 4.69) is 24.1 Å². The first-order valence-corrected chi connectivity index (χ1v) is 6.60. The zero-order valence-corrected chi connectivity index (χ0v) is 11.6. The second-order valence-corrected chi connectivity index (χ2v) is 4.18. The van der Waals surface area contributed by atoms with Crippen molar-refractivity contribution in [1.29, 1.82) is 0 Å². The van der Waals surface area contributed by atoms with E-state index in [1.165, 1.54) is 6.08 Å². The Morgan fingerprint density at radius 3 is 2.55 bits per heavy atom. The minimum Gasteiger partial charge on any atom is -0.494 e. The first kappa shape index (κ1) is 15.8. The highest BCUT2D eigenvalue weighted by molar-refractivity contribution is 6.39. The lowest BCUT2D eigenvalue weighted by Gasteiger charge is -2.07. The van der Waals surface area contributed by atoms with Crippen molar-refractivity contribution in [1.82, 2.24) is 5.32 Å². The van der Waals surface area contributed by atoms with Gasteiger partial charge < -0.3 is 15.4 Å². The number of benzene rings is 1. The van der Waals surface area contributed by atoms with Crippen molar-refractivity contribution in [3.05, 3.63) is 36.9 Å². The third-order valence-electron chi connectivity index (χ3n) is 2.49. The summed E-state index contributed by atoms with van der Waals surface area (Å²) < 4.78 is 5.50. The van der Waals surface area contributed by atoms with Gasteiger partial charge in [0.05, 0.1) is 6.61 Å². The Bertz CT molecular complexity index is 455. The Kier molecular flexibility index (Phi) is 6.89. The molecule has 2 N–H and O–H groups in total. The van der Waals surface area contributed by atoms with Crippen LogP contribution in [0.3, 0.4) is 0 Å². The van der Waals surface area contributed by atoms with Gasteiger partial charge in [0.25, 0.3) is 0 Å². The van der Waals surface area contributed by atoms with Crippen molar-refractivity contribution in [2.24, 2.45) is 0 Å². The smallest absolute Gasteiger partial charge is 0.313 e. The van der Waals surface area contributed by atoms with E-state index in [0.717, 1.165) is 18.6 Å². The van der Waals surface area contributed by atoms with Crippen molar-refractivity contribution in [2.45, 2.75) is 19.8 Å². The Morgan fingerprint density at radius 2 is 1.95 bits per heavy atom. The predicted molar refractivity (Wildman–Crippen MR) is 78.7 cm³/mol. The van der Waals surface area contributed by atoms with Crippen LogP contribution in [0.2, 0.25) is 0 Å². The van der Waals surface area contributed by atoms with E-state index < -0.39 is 11.8 Å². The second-order valence-electron chi connectivity index (χ2n) is 4.18. The van der Waals surface area contributed by atoms with Crippen LogP contribution in [0.5, 0.6) is 5.75 Å². The monoisotopic (exact) mass is 276 g/mol. The minimum absolute atomic E-state index is 0.260. The molecule has 1 aromatic rings. The van der Waals surface area contributed by atoms with Crippen LogP contribution in [0.1, 0.15) is 19.8 Å². The fraction of sp³-hybridized carbons (Fsp3) is 0.333. The lowest BCUT2D eigenvalue weighted by molar-refractivity contribution is -0.136. The van der Waals surface area contributed by atoms with Gasteiger partial charge >= 0.3 is 11.8 Å². The van der Waals surface area contributed by atoms with Crippen molar-refractivity contribution < 1.29 is 14.3 Å². The largest absolute Gasteiger partial charge is 0.494 e. The number of unbranched alkanes of at least 4 members (excludes halogenated alkanes) is 1. The van der Waals surface area contributed by atoms with Crippen LogP contribution < -0.4 is 15.4 Å². The van der Waals surface area contributed by atoms with Crippen molar-refractivity contribution in [2.75, 3.05) is 18.5 Å². The summed E-state index contributed by atoms with van der Waals surface area (Å²) in [5.41, 5.74) is 0.548. The number of carbonyl (C=O) groups is 2. The van der Waals surface area contributed by atoms with Crippen molar-refractivity contribution in [3.63, 3.8) is 0 Å². The molecule has 0 bridgehead atoms. The zero-order valence-electron chi connectivity index (χ0n) is 11.6. The summed E-state index contributed by atoms with van der Waals surface area (Å²) >= 11 is 0. The maximum absolute atomic E-state index is 11.5. The fourth-order valence-electron chi connectivity index (χ4n) is 1.40. The normalized spacial score (nSPS) is 9.65. The molecule has 1 rings (SSSR count). The van der Waals surface area contributed by atoms with Gasteiger partial charge in [-0.1, -0.05) is 19.4 Å². The Morgan fingerprint density at radius 1 is 1.25 bits per heavy atom. The Labute approximate surface area is 119 Å². The molecule has 0 aliphatic rings. The Hall–Kier alpha value is -2.30. The van der Waals surface area contributed by atoms with Gasteiger partial charge in [0.1, 0.15) is 5.75 Å². The van der Waals surface area contributed by atoms with Gasteiger partial charge in [-0.15, -0.1) is 6.58 Å². The number of nitrogens with one attached hydrogen (secondary N) is 2. The Balaban J connectivity index is 2.46. The number of hydrogen-bond acceptors (Lipinski definition) is 3. The lowest BCUT2D eigenvalue weighted by Crippen LogP contribution is -2.35. The van der Waals surface area contributed by atoms with E-state index in [0.29, 0.717) is 12.3 Å². The maximum Gasteiger partial charge on any atom is 0.313 e. The molecule has 0 atom stereocenters. The zero-order chi connectivity index (χ0) is 14.8. The van der Waals surface area contributed by atoms with Gasteiger partial charge in [-0.25, -0.2) is 0 Å². The average Bonchev–Trinajstić information content (AvgIpc) is 2.46. The number of ether oxygens (including phenoxy) is 1. The quantitative estimate of drug-likeness (QED) is 0.455. The number of hydrogen-bond donors (Lipinski definition) is 2. The number of carbonyl (C=O) groups excluding carboxylic acids is 2. The summed E-state index contributed by atoms with van der Waals surface area (Å²) in [7, 11) is 0. The summed E-state index contributed by atoms with van der Waals surface area (Å²) in [6.45, 7) is 6.49. The van der Waals surface area contributed by atoms with Gasteiger partial charge in [-0.05, 0) is 30.7 Å². The second kappa shape index (κ2) is 8.74. The molecule has 0 aromatic heterocycles. The topological polar surface area (TPSA) is 67.4 Å². The first-order chi connectivity index (χ1) is 9.67. The predicted octanol–water partition coefficient (Wildman–Crippen LogP) is 2.11. The lowest BCUT2D eigenvalue weighted by atomic mass is 10.3. The third-order valence-corrected chi connectivity index (χ3v) is 2.49. The molecule has 0 radical (unpaired) electrons. The van der Waals surface area contributed by atoms with Crippen LogP contribution in [0.15, 0.2) is 36.9 Å². The van der Waals surface area contributed by atoms with Crippen LogP contribution in [0.4, 0.5) is 5.69 Å². The molecule has 20 heavy (non-hydrogen) atoms. The summed E-state index contributed by atoms with van der Waals surface area (Å²) in [6, 6.07) is 6.90. The highest BCUT2D eigenvalue weighted by Gasteiger charge is 2.12. The summed E-state index contributed by atoms with van der Waals surface area (Å²) in [4.78, 5) is 22.9. The SMILES string of the molecule is C=CCNC(=O)C(=O)Nc1ccc(OCCCC)cc1. The van der Waals surface area contributed by atoms with E-state index in [-0.39, 0.29) is 6.54 Å². The molecule has 0 aliphatic heterocycles. The van der Waals surface area contributed by atoms with E-state index in [4.69, 9.17) is 4.74 Å². The van der Waals surface area contributed by atoms with Crippen LogP contribution >= 0.6 is 0 Å². The molecular weight excluding hydrogens is 256 g/mol. The third kappa shape index (κ3) is 5.56. The summed E-state index contributed by atoms with van der Waals surface area (Å²) in [5.74, 6) is -0.646. The first-order valence-electron chi connectivity index (χ1n) is 6.60. The number of anilines is 1. The van der Waals surface area contributed by atoms with Crippen molar-refractivity contribution >= 4 is 17.5 Å². The highest BCUT2D eigenvalue weighted by Crippen LogP contribution is 2.15. The van der Waals surface area contributed by atoms with Crippen molar-refractivity contribution in [3.8, 4) is 5.75 Å². The van der Waals surface area contributed by atoms with E-state index >= 15 is 0 Å². The van der Waals surface area contributed by atoms with Gasteiger partial charge in [-0.3, -0.25) is 9.59 Å². The van der Waals surface area contributed by atoms with Crippen LogP contribution in [-0.4, -0.2) is 25.0 Å². The van der Waals surface area contributed by atoms with Crippen LogP contribution in [-0.2, 0) is 9.59 Å². The van der Waals surface area contributed by atoms with Crippen LogP contribution in [0, 0.1) is 0 Å². The van der Waals surface area contributed by atoms with E-state index in [1.54, 1.807) is 24.3 Å². The maximum atomic E-state index is 11.5. The molecule has 0 heterocycles. The summed E-state index contributed by atoms with van der Waals surface area (Å²) in [5, 5.41) is 4.91.